The predicted octanol–water partition coefficient (Wildman–Crippen LogP) is 5.96. The van der Waals surface area contributed by atoms with Crippen molar-refractivity contribution in [3.05, 3.63) is 80.4 Å². The molecule has 1 amide bonds. The summed E-state index contributed by atoms with van der Waals surface area (Å²) < 4.78 is 42.6. The van der Waals surface area contributed by atoms with Gasteiger partial charge in [0.1, 0.15) is 11.8 Å². The molecule has 0 atom stereocenters. The summed E-state index contributed by atoms with van der Waals surface area (Å²) in [6, 6.07) is 16.5. The molecule has 0 saturated heterocycles. The Morgan fingerprint density at radius 2 is 1.69 bits per heavy atom. The number of rotatable bonds is 4. The van der Waals surface area contributed by atoms with E-state index in [4.69, 9.17) is 0 Å². The van der Waals surface area contributed by atoms with Gasteiger partial charge in [0.15, 0.2) is 0 Å². The Labute approximate surface area is 181 Å². The average molecular weight is 527 g/mol. The van der Waals surface area contributed by atoms with Gasteiger partial charge in [0, 0.05) is 10.0 Å². The summed E-state index contributed by atoms with van der Waals surface area (Å²) in [5.74, 6) is -0.524. The van der Waals surface area contributed by atoms with E-state index in [1.807, 2.05) is 6.07 Å². The van der Waals surface area contributed by atoms with Crippen LogP contribution in [0.15, 0.2) is 63.5 Å². The molecule has 1 heterocycles. The first kappa shape index (κ1) is 21.1. The Morgan fingerprint density at radius 1 is 1.07 bits per heavy atom. The molecular formula is C20H12Br2F3N3O. The van der Waals surface area contributed by atoms with Crippen molar-refractivity contribution in [2.24, 2.45) is 0 Å². The minimum atomic E-state index is -4.74. The normalized spacial score (nSPS) is 11.2. The number of carbonyl (C=O) groups is 1. The summed E-state index contributed by atoms with van der Waals surface area (Å²) in [6.07, 6.45) is -4.74. The fourth-order valence-corrected chi connectivity index (χ4v) is 3.86. The lowest BCUT2D eigenvalue weighted by Crippen LogP contribution is -2.29. The highest BCUT2D eigenvalue weighted by Crippen LogP contribution is 2.43. The molecule has 3 rings (SSSR count). The number of amides is 1. The Balaban J connectivity index is 2.11. The number of aromatic nitrogens is 1. The van der Waals surface area contributed by atoms with Crippen molar-refractivity contribution in [2.45, 2.75) is 12.8 Å². The maximum Gasteiger partial charge on any atom is 0.432 e. The first-order valence-corrected chi connectivity index (χ1v) is 9.81. The lowest BCUT2D eigenvalue weighted by Gasteiger charge is -2.16. The fraction of sp³-hybridized carbons (Fsp3) is 0.100. The zero-order chi connectivity index (χ0) is 21.2. The Hall–Kier alpha value is -2.57. The molecule has 0 aliphatic rings. The number of hydrogen-bond acceptors (Lipinski definition) is 2. The van der Waals surface area contributed by atoms with Crippen LogP contribution in [0.4, 0.5) is 13.2 Å². The van der Waals surface area contributed by atoms with E-state index in [9.17, 15) is 23.2 Å². The maximum atomic E-state index is 13.8. The van der Waals surface area contributed by atoms with Crippen LogP contribution in [0.2, 0.25) is 0 Å². The molecule has 0 unspecified atom stereocenters. The molecule has 0 aliphatic heterocycles. The molecule has 0 spiro atoms. The number of carbonyl (C=O) groups excluding carboxylic acids is 1. The van der Waals surface area contributed by atoms with Gasteiger partial charge in [-0.2, -0.15) is 18.4 Å². The first-order chi connectivity index (χ1) is 13.7. The number of nitrogens with one attached hydrogen (secondary N) is 1. The third-order valence-corrected chi connectivity index (χ3v) is 5.44. The quantitative estimate of drug-likeness (QED) is 0.456. The van der Waals surface area contributed by atoms with Gasteiger partial charge in [-0.1, -0.05) is 46.3 Å². The van der Waals surface area contributed by atoms with Crippen molar-refractivity contribution < 1.29 is 18.0 Å². The molecule has 0 saturated carbocycles. The second-order valence-electron chi connectivity index (χ2n) is 5.96. The van der Waals surface area contributed by atoms with Crippen LogP contribution in [0.25, 0.3) is 11.3 Å². The number of nitriles is 1. The standard InChI is InChI=1S/C20H12Br2F3N3O/c21-14-8-6-12(7-9-14)17-15(10-26)16(22)18(20(23,24)25)28(17)11-27-19(29)13-4-2-1-3-5-13/h1-9H,11H2,(H,27,29). The molecule has 0 bridgehead atoms. The first-order valence-electron chi connectivity index (χ1n) is 8.22. The highest BCUT2D eigenvalue weighted by molar-refractivity contribution is 9.10. The predicted molar refractivity (Wildman–Crippen MR) is 109 cm³/mol. The van der Waals surface area contributed by atoms with Gasteiger partial charge in [-0.3, -0.25) is 4.79 Å². The largest absolute Gasteiger partial charge is 0.432 e. The van der Waals surface area contributed by atoms with Gasteiger partial charge in [-0.15, -0.1) is 0 Å². The molecule has 148 valence electrons. The topological polar surface area (TPSA) is 57.8 Å². The Morgan fingerprint density at radius 3 is 2.24 bits per heavy atom. The van der Waals surface area contributed by atoms with Crippen molar-refractivity contribution in [2.75, 3.05) is 0 Å². The minimum absolute atomic E-state index is 0.0626. The number of benzene rings is 2. The summed E-state index contributed by atoms with van der Waals surface area (Å²) in [4.78, 5) is 12.3. The van der Waals surface area contributed by atoms with Crippen LogP contribution < -0.4 is 5.32 Å². The highest BCUT2D eigenvalue weighted by atomic mass is 79.9. The molecule has 0 fully saturated rings. The lowest BCUT2D eigenvalue weighted by molar-refractivity contribution is -0.144. The summed E-state index contributed by atoms with van der Waals surface area (Å²) >= 11 is 6.21. The van der Waals surface area contributed by atoms with Gasteiger partial charge in [0.25, 0.3) is 5.91 Å². The molecule has 0 aliphatic carbocycles. The van der Waals surface area contributed by atoms with Crippen molar-refractivity contribution >= 4 is 37.8 Å². The maximum absolute atomic E-state index is 13.8. The molecular weight excluding hydrogens is 515 g/mol. The van der Waals surface area contributed by atoms with E-state index in [0.29, 0.717) is 11.1 Å². The van der Waals surface area contributed by atoms with E-state index in [1.165, 1.54) is 0 Å². The minimum Gasteiger partial charge on any atom is -0.334 e. The zero-order valence-electron chi connectivity index (χ0n) is 14.6. The number of alkyl halides is 3. The third kappa shape index (κ3) is 4.38. The second-order valence-corrected chi connectivity index (χ2v) is 7.67. The van der Waals surface area contributed by atoms with Gasteiger partial charge >= 0.3 is 6.18 Å². The molecule has 3 aromatic rings. The van der Waals surface area contributed by atoms with E-state index in [0.717, 1.165) is 9.04 Å². The van der Waals surface area contributed by atoms with Crippen LogP contribution >= 0.6 is 31.9 Å². The SMILES string of the molecule is N#Cc1c(Br)c(C(F)(F)F)n(CNC(=O)c2ccccc2)c1-c1ccc(Br)cc1. The number of hydrogen-bond donors (Lipinski definition) is 1. The third-order valence-electron chi connectivity index (χ3n) is 4.14. The van der Waals surface area contributed by atoms with Crippen LogP contribution in [0.5, 0.6) is 0 Å². The monoisotopic (exact) mass is 525 g/mol. The van der Waals surface area contributed by atoms with Crippen molar-refractivity contribution in [1.82, 2.24) is 9.88 Å². The zero-order valence-corrected chi connectivity index (χ0v) is 17.8. The van der Waals surface area contributed by atoms with Crippen LogP contribution in [0.3, 0.4) is 0 Å². The summed E-state index contributed by atoms with van der Waals surface area (Å²) in [5, 5.41) is 12.0. The van der Waals surface area contributed by atoms with Crippen molar-refractivity contribution in [3.63, 3.8) is 0 Å². The van der Waals surface area contributed by atoms with Gasteiger partial charge in [0.2, 0.25) is 0 Å². The molecule has 1 aromatic heterocycles. The highest BCUT2D eigenvalue weighted by Gasteiger charge is 2.40. The summed E-state index contributed by atoms with van der Waals surface area (Å²) in [7, 11) is 0. The molecule has 1 N–H and O–H groups in total. The number of nitrogens with zero attached hydrogens (tertiary/aromatic N) is 2. The number of halogens is 5. The van der Waals surface area contributed by atoms with Gasteiger partial charge in [-0.05, 0) is 45.8 Å². The van der Waals surface area contributed by atoms with Crippen molar-refractivity contribution in [1.29, 1.82) is 5.26 Å². The average Bonchev–Trinajstić information content (AvgIpc) is 2.99. The molecule has 0 radical (unpaired) electrons. The Kier molecular flexibility index (Phi) is 6.15. The van der Waals surface area contributed by atoms with E-state index in [-0.39, 0.29) is 15.7 Å². The molecule has 2 aromatic carbocycles. The van der Waals surface area contributed by atoms with E-state index < -0.39 is 24.4 Å². The summed E-state index contributed by atoms with van der Waals surface area (Å²) in [5.41, 5.74) is -0.408. The molecule has 9 heteroatoms. The van der Waals surface area contributed by atoms with Gasteiger partial charge in [0.05, 0.1) is 22.4 Å². The van der Waals surface area contributed by atoms with Crippen LogP contribution in [-0.2, 0) is 12.8 Å². The lowest BCUT2D eigenvalue weighted by atomic mass is 10.1. The second kappa shape index (κ2) is 8.43. The Bertz CT molecular complexity index is 1090. The van der Waals surface area contributed by atoms with Gasteiger partial charge < -0.3 is 9.88 Å². The van der Waals surface area contributed by atoms with Crippen LogP contribution in [0.1, 0.15) is 21.6 Å². The van der Waals surface area contributed by atoms with E-state index >= 15 is 0 Å². The van der Waals surface area contributed by atoms with E-state index in [1.54, 1.807) is 54.6 Å². The smallest absolute Gasteiger partial charge is 0.334 e. The fourth-order valence-electron chi connectivity index (χ4n) is 2.88. The van der Waals surface area contributed by atoms with Crippen LogP contribution in [-0.4, -0.2) is 10.5 Å². The molecule has 29 heavy (non-hydrogen) atoms. The summed E-state index contributed by atoms with van der Waals surface area (Å²) in [6.45, 7) is -0.464. The van der Waals surface area contributed by atoms with Gasteiger partial charge in [-0.25, -0.2) is 0 Å². The van der Waals surface area contributed by atoms with E-state index in [2.05, 4.69) is 37.2 Å². The van der Waals surface area contributed by atoms with Crippen LogP contribution in [0, 0.1) is 11.3 Å². The molecule has 4 nitrogen and oxygen atoms in total. The van der Waals surface area contributed by atoms with Crippen molar-refractivity contribution in [3.8, 4) is 17.3 Å².